The van der Waals surface area contributed by atoms with Crippen molar-refractivity contribution in [1.29, 1.82) is 0 Å². The van der Waals surface area contributed by atoms with Gasteiger partial charge in [0.05, 0.1) is 11.6 Å². The summed E-state index contributed by atoms with van der Waals surface area (Å²) in [5.41, 5.74) is 8.62. The summed E-state index contributed by atoms with van der Waals surface area (Å²) in [6.45, 7) is 1.73. The zero-order valence-corrected chi connectivity index (χ0v) is 14.4. The lowest BCUT2D eigenvalue weighted by Gasteiger charge is -2.23. The van der Waals surface area contributed by atoms with Gasteiger partial charge in [-0.25, -0.2) is 9.97 Å². The minimum absolute atomic E-state index is 0.0215. The number of likely N-dealkylation sites (tertiary alicyclic amines) is 1. The Bertz CT molecular complexity index is 928. The lowest BCUT2D eigenvalue weighted by Crippen LogP contribution is -2.39. The van der Waals surface area contributed by atoms with Crippen LogP contribution in [0.25, 0.3) is 10.9 Å². The van der Waals surface area contributed by atoms with Crippen LogP contribution in [0.4, 0.5) is 11.5 Å². The molecule has 1 unspecified atom stereocenters. The molecular weight excluding hydrogens is 326 g/mol. The Morgan fingerprint density at radius 2 is 2.04 bits per heavy atom. The van der Waals surface area contributed by atoms with Crippen molar-refractivity contribution in [3.8, 4) is 0 Å². The van der Waals surface area contributed by atoms with Gasteiger partial charge in [-0.3, -0.25) is 9.69 Å². The normalized spacial score (nSPS) is 17.5. The molecule has 0 aliphatic carbocycles. The number of aromatic nitrogens is 2. The van der Waals surface area contributed by atoms with E-state index in [1.165, 1.54) is 11.9 Å². The van der Waals surface area contributed by atoms with Gasteiger partial charge >= 0.3 is 0 Å². The number of fused-ring (bicyclic) bond motifs is 1. The standard InChI is InChI=1S/C20H21N5O/c21-19-16-11-15(8-9-17(16)22-13-23-19)24-20(26)18-7-4-10-25(18)12-14-5-2-1-3-6-14/h1-3,5-6,8-9,11,13,18H,4,7,10,12H2,(H,24,26)(H2,21,22,23). The maximum Gasteiger partial charge on any atom is 0.241 e. The van der Waals surface area contributed by atoms with Crippen molar-refractivity contribution in [3.05, 3.63) is 60.4 Å². The predicted molar refractivity (Wildman–Crippen MR) is 102 cm³/mol. The van der Waals surface area contributed by atoms with E-state index in [4.69, 9.17) is 5.73 Å². The van der Waals surface area contributed by atoms with Gasteiger partial charge in [0.25, 0.3) is 0 Å². The van der Waals surface area contributed by atoms with Gasteiger partial charge in [0, 0.05) is 17.6 Å². The van der Waals surface area contributed by atoms with E-state index in [-0.39, 0.29) is 11.9 Å². The van der Waals surface area contributed by atoms with Gasteiger partial charge in [-0.1, -0.05) is 30.3 Å². The van der Waals surface area contributed by atoms with E-state index in [0.29, 0.717) is 5.82 Å². The predicted octanol–water partition coefficient (Wildman–Crippen LogP) is 2.82. The molecule has 2 aromatic carbocycles. The Balaban J connectivity index is 1.49. The van der Waals surface area contributed by atoms with Crippen molar-refractivity contribution in [2.24, 2.45) is 0 Å². The average Bonchev–Trinajstić information content (AvgIpc) is 3.11. The molecule has 1 fully saturated rings. The third kappa shape index (κ3) is 3.36. The SMILES string of the molecule is Nc1ncnc2ccc(NC(=O)C3CCCN3Cc3ccccc3)cc12. The second-order valence-electron chi connectivity index (χ2n) is 6.59. The summed E-state index contributed by atoms with van der Waals surface area (Å²) < 4.78 is 0. The summed E-state index contributed by atoms with van der Waals surface area (Å²) in [6.07, 6.45) is 3.34. The summed E-state index contributed by atoms with van der Waals surface area (Å²) in [6, 6.07) is 15.7. The van der Waals surface area contributed by atoms with E-state index in [0.717, 1.165) is 42.5 Å². The first-order valence-corrected chi connectivity index (χ1v) is 8.80. The Labute approximate surface area is 152 Å². The number of nitrogens with zero attached hydrogens (tertiary/aromatic N) is 3. The molecule has 1 saturated heterocycles. The van der Waals surface area contributed by atoms with Gasteiger partial charge in [0.15, 0.2) is 0 Å². The third-order valence-electron chi connectivity index (χ3n) is 4.83. The van der Waals surface area contributed by atoms with Crippen LogP contribution in [-0.4, -0.2) is 33.4 Å². The summed E-state index contributed by atoms with van der Waals surface area (Å²) in [7, 11) is 0. The summed E-state index contributed by atoms with van der Waals surface area (Å²) >= 11 is 0. The lowest BCUT2D eigenvalue weighted by atomic mass is 10.1. The molecule has 0 spiro atoms. The molecule has 3 aromatic rings. The van der Waals surface area contributed by atoms with Crippen LogP contribution in [0.15, 0.2) is 54.9 Å². The maximum atomic E-state index is 12.8. The number of carbonyl (C=O) groups is 1. The molecular formula is C20H21N5O. The van der Waals surface area contributed by atoms with E-state index in [1.54, 1.807) is 0 Å². The highest BCUT2D eigenvalue weighted by Crippen LogP contribution is 2.24. The summed E-state index contributed by atoms with van der Waals surface area (Å²) in [4.78, 5) is 23.3. The van der Waals surface area contributed by atoms with Crippen LogP contribution in [0.3, 0.4) is 0 Å². The Hall–Kier alpha value is -2.99. The second-order valence-corrected chi connectivity index (χ2v) is 6.59. The first-order valence-electron chi connectivity index (χ1n) is 8.80. The van der Waals surface area contributed by atoms with Crippen LogP contribution in [-0.2, 0) is 11.3 Å². The van der Waals surface area contributed by atoms with Gasteiger partial charge in [-0.05, 0) is 43.1 Å². The smallest absolute Gasteiger partial charge is 0.241 e. The van der Waals surface area contributed by atoms with Crippen molar-refractivity contribution in [3.63, 3.8) is 0 Å². The molecule has 2 heterocycles. The Morgan fingerprint density at radius 1 is 1.19 bits per heavy atom. The molecule has 6 nitrogen and oxygen atoms in total. The fraction of sp³-hybridized carbons (Fsp3) is 0.250. The van der Waals surface area contributed by atoms with Crippen molar-refractivity contribution in [2.45, 2.75) is 25.4 Å². The van der Waals surface area contributed by atoms with E-state index >= 15 is 0 Å². The zero-order chi connectivity index (χ0) is 17.9. The van der Waals surface area contributed by atoms with Crippen LogP contribution >= 0.6 is 0 Å². The van der Waals surface area contributed by atoms with E-state index < -0.39 is 0 Å². The monoisotopic (exact) mass is 347 g/mol. The maximum absolute atomic E-state index is 12.8. The molecule has 0 radical (unpaired) electrons. The van der Waals surface area contributed by atoms with Gasteiger partial charge in [-0.15, -0.1) is 0 Å². The largest absolute Gasteiger partial charge is 0.383 e. The van der Waals surface area contributed by atoms with Crippen molar-refractivity contribution in [1.82, 2.24) is 14.9 Å². The van der Waals surface area contributed by atoms with Crippen LogP contribution in [0.1, 0.15) is 18.4 Å². The zero-order valence-electron chi connectivity index (χ0n) is 14.4. The number of benzene rings is 2. The van der Waals surface area contributed by atoms with E-state index in [9.17, 15) is 4.79 Å². The first-order chi connectivity index (χ1) is 12.7. The highest BCUT2D eigenvalue weighted by atomic mass is 16.2. The molecule has 26 heavy (non-hydrogen) atoms. The third-order valence-corrected chi connectivity index (χ3v) is 4.83. The van der Waals surface area contributed by atoms with Crippen LogP contribution in [0, 0.1) is 0 Å². The van der Waals surface area contributed by atoms with E-state index in [1.807, 2.05) is 36.4 Å². The number of nitrogens with two attached hydrogens (primary N) is 1. The highest BCUT2D eigenvalue weighted by Gasteiger charge is 2.30. The minimum Gasteiger partial charge on any atom is -0.383 e. The molecule has 3 N–H and O–H groups in total. The average molecular weight is 347 g/mol. The molecule has 0 saturated carbocycles. The van der Waals surface area contributed by atoms with Crippen LogP contribution in [0.2, 0.25) is 0 Å². The molecule has 1 amide bonds. The Kier molecular flexibility index (Phi) is 4.50. The van der Waals surface area contributed by atoms with Crippen molar-refractivity contribution in [2.75, 3.05) is 17.6 Å². The van der Waals surface area contributed by atoms with Gasteiger partial charge in [-0.2, -0.15) is 0 Å². The Morgan fingerprint density at radius 3 is 2.88 bits per heavy atom. The number of nitrogen functional groups attached to an aromatic ring is 1. The molecule has 1 aliphatic heterocycles. The number of anilines is 2. The van der Waals surface area contributed by atoms with Crippen LogP contribution in [0.5, 0.6) is 0 Å². The number of nitrogens with one attached hydrogen (secondary N) is 1. The van der Waals surface area contributed by atoms with Gasteiger partial charge < -0.3 is 11.1 Å². The van der Waals surface area contributed by atoms with Gasteiger partial charge in [0.2, 0.25) is 5.91 Å². The number of carbonyl (C=O) groups excluding carboxylic acids is 1. The first kappa shape index (κ1) is 16.5. The summed E-state index contributed by atoms with van der Waals surface area (Å²) in [5, 5.41) is 3.78. The van der Waals surface area contributed by atoms with E-state index in [2.05, 4.69) is 32.3 Å². The number of hydrogen-bond acceptors (Lipinski definition) is 5. The number of amides is 1. The summed E-state index contributed by atoms with van der Waals surface area (Å²) in [5.74, 6) is 0.436. The highest BCUT2D eigenvalue weighted by molar-refractivity contribution is 5.98. The topological polar surface area (TPSA) is 84.1 Å². The molecule has 1 aliphatic rings. The molecule has 4 rings (SSSR count). The fourth-order valence-electron chi connectivity index (χ4n) is 3.51. The molecule has 6 heteroatoms. The molecule has 132 valence electrons. The quantitative estimate of drug-likeness (QED) is 0.758. The molecule has 1 atom stereocenters. The van der Waals surface area contributed by atoms with Crippen molar-refractivity contribution < 1.29 is 4.79 Å². The number of rotatable bonds is 4. The molecule has 0 bridgehead atoms. The second kappa shape index (κ2) is 7.09. The fourth-order valence-corrected chi connectivity index (χ4v) is 3.51. The lowest BCUT2D eigenvalue weighted by molar-refractivity contribution is -0.120. The van der Waals surface area contributed by atoms with Gasteiger partial charge in [0.1, 0.15) is 12.1 Å². The molecule has 1 aromatic heterocycles. The van der Waals surface area contributed by atoms with Crippen molar-refractivity contribution >= 4 is 28.3 Å². The minimum atomic E-state index is -0.115. The number of hydrogen-bond donors (Lipinski definition) is 2. The van der Waals surface area contributed by atoms with Crippen LogP contribution < -0.4 is 11.1 Å².